The van der Waals surface area contributed by atoms with Gasteiger partial charge in [-0.1, -0.05) is 30.3 Å². The predicted octanol–water partition coefficient (Wildman–Crippen LogP) is 2.05. The summed E-state index contributed by atoms with van der Waals surface area (Å²) in [6.45, 7) is -0.590. The molecule has 0 aliphatic heterocycles. The Bertz CT molecular complexity index is 349. The number of esters is 1. The van der Waals surface area contributed by atoms with Gasteiger partial charge in [0.25, 0.3) is 0 Å². The maximum atomic E-state index is 11.8. The number of Topliss-reactive ketones (excluding diaryl/α,β-unsaturated/α-hetero) is 1. The summed E-state index contributed by atoms with van der Waals surface area (Å²) >= 11 is 0. The van der Waals surface area contributed by atoms with Gasteiger partial charge < -0.3 is 4.74 Å². The molecule has 86 valence electrons. The van der Waals surface area contributed by atoms with E-state index in [0.29, 0.717) is 0 Å². The van der Waals surface area contributed by atoms with Gasteiger partial charge in [0.2, 0.25) is 0 Å². The molecule has 0 saturated heterocycles. The van der Waals surface area contributed by atoms with Crippen molar-refractivity contribution in [3.05, 3.63) is 35.9 Å². The molecule has 0 radical (unpaired) electrons. The van der Waals surface area contributed by atoms with E-state index in [1.165, 1.54) is 0 Å². The Hall–Kier alpha value is -1.71. The second kappa shape index (κ2) is 6.71. The summed E-state index contributed by atoms with van der Waals surface area (Å²) in [5.74, 6) is -1.04. The zero-order valence-corrected chi connectivity index (χ0v) is 8.82. The van der Waals surface area contributed by atoms with Gasteiger partial charge in [-0.3, -0.25) is 14.0 Å². The van der Waals surface area contributed by atoms with Crippen molar-refractivity contribution in [2.75, 3.05) is 6.67 Å². The van der Waals surface area contributed by atoms with Crippen molar-refractivity contribution in [3.63, 3.8) is 0 Å². The van der Waals surface area contributed by atoms with Crippen molar-refractivity contribution in [2.45, 2.75) is 19.4 Å². The molecular weight excluding hydrogens is 211 g/mol. The van der Waals surface area contributed by atoms with Crippen molar-refractivity contribution in [1.29, 1.82) is 0 Å². The Morgan fingerprint density at radius 3 is 2.50 bits per heavy atom. The van der Waals surface area contributed by atoms with Crippen LogP contribution in [0.15, 0.2) is 30.3 Å². The number of carbonyl (C=O) groups excluding carboxylic acids is 2. The molecule has 0 saturated carbocycles. The number of ether oxygens (including phenoxy) is 1. The van der Waals surface area contributed by atoms with E-state index in [-0.39, 0.29) is 19.4 Å². The molecule has 0 spiro atoms. The summed E-state index contributed by atoms with van der Waals surface area (Å²) in [5.41, 5.74) is 0.855. The minimum atomic E-state index is -0.731. The smallest absolute Gasteiger partial charge is 0.313 e. The molecule has 0 fully saturated rings. The van der Waals surface area contributed by atoms with Gasteiger partial charge in [0, 0.05) is 6.42 Å². The second-order valence-electron chi connectivity index (χ2n) is 3.30. The molecule has 1 aromatic rings. The molecule has 0 unspecified atom stereocenters. The van der Waals surface area contributed by atoms with Crippen molar-refractivity contribution in [2.24, 2.45) is 0 Å². The number of alkyl halides is 1. The average molecular weight is 224 g/mol. The molecule has 0 heterocycles. The third-order valence-corrected chi connectivity index (χ3v) is 1.96. The zero-order chi connectivity index (χ0) is 11.8. The topological polar surface area (TPSA) is 43.4 Å². The van der Waals surface area contributed by atoms with E-state index < -0.39 is 18.4 Å². The van der Waals surface area contributed by atoms with Gasteiger partial charge in [-0.15, -0.1) is 0 Å². The van der Waals surface area contributed by atoms with Crippen LogP contribution in [0.4, 0.5) is 4.39 Å². The monoisotopic (exact) mass is 224 g/mol. The van der Waals surface area contributed by atoms with Crippen molar-refractivity contribution in [1.82, 2.24) is 0 Å². The molecule has 1 rings (SSSR count). The lowest BCUT2D eigenvalue weighted by molar-refractivity contribution is -0.147. The Labute approximate surface area is 93.2 Å². The van der Waals surface area contributed by atoms with Crippen LogP contribution < -0.4 is 0 Å². The predicted molar refractivity (Wildman–Crippen MR) is 56.5 cm³/mol. The Kier molecular flexibility index (Phi) is 5.19. The highest BCUT2D eigenvalue weighted by Crippen LogP contribution is 2.02. The van der Waals surface area contributed by atoms with E-state index in [9.17, 15) is 14.0 Å². The molecule has 3 nitrogen and oxygen atoms in total. The molecule has 0 atom stereocenters. The Morgan fingerprint density at radius 2 is 1.88 bits per heavy atom. The number of rotatable bonds is 6. The minimum Gasteiger partial charge on any atom is -0.460 e. The van der Waals surface area contributed by atoms with Crippen LogP contribution in [0.1, 0.15) is 18.4 Å². The molecule has 0 aromatic heterocycles. The van der Waals surface area contributed by atoms with Crippen LogP contribution in [-0.2, 0) is 20.9 Å². The SMILES string of the molecule is O=C(CCF)CC(=O)OCc1ccccc1. The summed E-state index contributed by atoms with van der Waals surface area (Å²) in [7, 11) is 0. The Balaban J connectivity index is 2.28. The van der Waals surface area contributed by atoms with Crippen LogP contribution in [0.3, 0.4) is 0 Å². The molecule has 0 N–H and O–H groups in total. The number of hydrogen-bond acceptors (Lipinski definition) is 3. The van der Waals surface area contributed by atoms with E-state index in [1.807, 2.05) is 30.3 Å². The van der Waals surface area contributed by atoms with Gasteiger partial charge in [0.15, 0.2) is 0 Å². The molecule has 0 amide bonds. The van der Waals surface area contributed by atoms with Crippen LogP contribution in [0.2, 0.25) is 0 Å². The van der Waals surface area contributed by atoms with Gasteiger partial charge in [-0.25, -0.2) is 0 Å². The Morgan fingerprint density at radius 1 is 1.19 bits per heavy atom. The first-order chi connectivity index (χ1) is 7.72. The third-order valence-electron chi connectivity index (χ3n) is 1.96. The van der Waals surface area contributed by atoms with Crippen LogP contribution in [-0.4, -0.2) is 18.4 Å². The average Bonchev–Trinajstić information content (AvgIpc) is 2.28. The fourth-order valence-corrected chi connectivity index (χ4v) is 1.14. The number of ketones is 1. The summed E-state index contributed by atoms with van der Waals surface area (Å²) in [4.78, 5) is 22.1. The number of halogens is 1. The van der Waals surface area contributed by atoms with E-state index in [0.717, 1.165) is 5.56 Å². The first kappa shape index (κ1) is 12.4. The van der Waals surface area contributed by atoms with Crippen molar-refractivity contribution < 1.29 is 18.7 Å². The van der Waals surface area contributed by atoms with Gasteiger partial charge in [-0.2, -0.15) is 0 Å². The largest absolute Gasteiger partial charge is 0.460 e. The van der Waals surface area contributed by atoms with Gasteiger partial charge >= 0.3 is 5.97 Å². The van der Waals surface area contributed by atoms with Gasteiger partial charge in [0.05, 0.1) is 6.67 Å². The van der Waals surface area contributed by atoms with Crippen LogP contribution in [0, 0.1) is 0 Å². The highest BCUT2D eigenvalue weighted by atomic mass is 19.1. The van der Waals surface area contributed by atoms with E-state index in [1.54, 1.807) is 0 Å². The fourth-order valence-electron chi connectivity index (χ4n) is 1.14. The van der Waals surface area contributed by atoms with Crippen molar-refractivity contribution >= 4 is 11.8 Å². The first-order valence-corrected chi connectivity index (χ1v) is 4.99. The fraction of sp³-hybridized carbons (Fsp3) is 0.333. The summed E-state index contributed by atoms with van der Waals surface area (Å²) < 4.78 is 16.6. The summed E-state index contributed by atoms with van der Waals surface area (Å²) in [6.07, 6.45) is -0.572. The molecule has 16 heavy (non-hydrogen) atoms. The summed E-state index contributed by atoms with van der Waals surface area (Å²) in [6, 6.07) is 9.15. The van der Waals surface area contributed by atoms with Crippen LogP contribution in [0.5, 0.6) is 0 Å². The maximum absolute atomic E-state index is 11.8. The van der Waals surface area contributed by atoms with E-state index >= 15 is 0 Å². The minimum absolute atomic E-state index is 0.141. The number of benzene rings is 1. The van der Waals surface area contributed by atoms with E-state index in [2.05, 4.69) is 0 Å². The molecule has 0 aliphatic rings. The summed E-state index contributed by atoms with van der Waals surface area (Å²) in [5, 5.41) is 0. The zero-order valence-electron chi connectivity index (χ0n) is 8.82. The van der Waals surface area contributed by atoms with Crippen LogP contribution >= 0.6 is 0 Å². The van der Waals surface area contributed by atoms with Gasteiger partial charge in [-0.05, 0) is 5.56 Å². The highest BCUT2D eigenvalue weighted by molar-refractivity contribution is 5.95. The lowest BCUT2D eigenvalue weighted by atomic mass is 10.2. The second-order valence-corrected chi connectivity index (χ2v) is 3.30. The number of hydrogen-bond donors (Lipinski definition) is 0. The highest BCUT2D eigenvalue weighted by Gasteiger charge is 2.10. The van der Waals surface area contributed by atoms with E-state index in [4.69, 9.17) is 4.74 Å². The normalized spacial score (nSPS) is 9.81. The first-order valence-electron chi connectivity index (χ1n) is 4.99. The molecular formula is C12H13FO3. The molecule has 4 heteroatoms. The quantitative estimate of drug-likeness (QED) is 0.548. The van der Waals surface area contributed by atoms with Gasteiger partial charge in [0.1, 0.15) is 18.8 Å². The van der Waals surface area contributed by atoms with Crippen molar-refractivity contribution in [3.8, 4) is 0 Å². The third kappa shape index (κ3) is 4.68. The lowest BCUT2D eigenvalue weighted by Gasteiger charge is -2.03. The molecule has 1 aromatic carbocycles. The lowest BCUT2D eigenvalue weighted by Crippen LogP contribution is -2.11. The molecule has 0 aliphatic carbocycles. The maximum Gasteiger partial charge on any atom is 0.313 e. The molecule has 0 bridgehead atoms. The van der Waals surface area contributed by atoms with Crippen LogP contribution in [0.25, 0.3) is 0 Å². The standard InChI is InChI=1S/C12H13FO3/c13-7-6-11(14)8-12(15)16-9-10-4-2-1-3-5-10/h1-5H,6-9H2. The number of carbonyl (C=O) groups is 2.